The van der Waals surface area contributed by atoms with Gasteiger partial charge in [-0.25, -0.2) is 4.98 Å². The van der Waals surface area contributed by atoms with Gasteiger partial charge in [-0.3, -0.25) is 24.3 Å². The zero-order valence-electron chi connectivity index (χ0n) is 12.5. The summed E-state index contributed by atoms with van der Waals surface area (Å²) in [5.41, 5.74) is -0.237. The number of aromatic nitrogens is 2. The summed E-state index contributed by atoms with van der Waals surface area (Å²) >= 11 is 0. The number of carbonyl (C=O) groups is 2. The second-order valence-corrected chi connectivity index (χ2v) is 5.00. The van der Waals surface area contributed by atoms with Gasteiger partial charge in [0.05, 0.1) is 10.6 Å². The maximum atomic E-state index is 12.6. The van der Waals surface area contributed by atoms with E-state index in [0.717, 1.165) is 6.42 Å². The van der Waals surface area contributed by atoms with Crippen molar-refractivity contribution in [2.75, 3.05) is 0 Å². The van der Waals surface area contributed by atoms with Crippen molar-refractivity contribution in [1.82, 2.24) is 14.9 Å². The van der Waals surface area contributed by atoms with Gasteiger partial charge in [-0.15, -0.1) is 0 Å². The highest BCUT2D eigenvalue weighted by Gasteiger charge is 2.30. The lowest BCUT2D eigenvalue weighted by molar-refractivity contribution is -0.135. The van der Waals surface area contributed by atoms with Crippen molar-refractivity contribution in [3.8, 4) is 0 Å². The Labute approximate surface area is 122 Å². The molecule has 1 aliphatic rings. The third-order valence-electron chi connectivity index (χ3n) is 3.56. The normalized spacial score (nSPS) is 20.8. The lowest BCUT2D eigenvalue weighted by Gasteiger charge is -2.24. The SMILES string of the molecule is C/C=c1/c(=O)n(C2CCC(=O)NC2=O)c(C)n/c1=C/CC. The van der Waals surface area contributed by atoms with Gasteiger partial charge in [0.1, 0.15) is 11.9 Å². The minimum atomic E-state index is -0.669. The molecule has 1 aliphatic heterocycles. The second kappa shape index (κ2) is 6.03. The molecule has 21 heavy (non-hydrogen) atoms. The van der Waals surface area contributed by atoms with Crippen molar-refractivity contribution in [2.24, 2.45) is 0 Å². The van der Waals surface area contributed by atoms with Crippen LogP contribution in [0.3, 0.4) is 0 Å². The fourth-order valence-electron chi connectivity index (χ4n) is 2.59. The lowest BCUT2D eigenvalue weighted by Crippen LogP contribution is -2.52. The van der Waals surface area contributed by atoms with E-state index in [1.165, 1.54) is 4.57 Å². The Kier molecular flexibility index (Phi) is 4.35. The van der Waals surface area contributed by atoms with Crippen LogP contribution in [0.15, 0.2) is 4.79 Å². The van der Waals surface area contributed by atoms with Crippen LogP contribution in [0.4, 0.5) is 0 Å². The summed E-state index contributed by atoms with van der Waals surface area (Å²) in [5, 5.41) is 3.41. The van der Waals surface area contributed by atoms with Crippen molar-refractivity contribution >= 4 is 24.0 Å². The number of nitrogens with one attached hydrogen (secondary N) is 1. The molecule has 0 aromatic carbocycles. The van der Waals surface area contributed by atoms with Crippen LogP contribution in [-0.2, 0) is 9.59 Å². The van der Waals surface area contributed by atoms with E-state index in [2.05, 4.69) is 10.3 Å². The Morgan fingerprint density at radius 3 is 2.67 bits per heavy atom. The minimum Gasteiger partial charge on any atom is -0.295 e. The highest BCUT2D eigenvalue weighted by Crippen LogP contribution is 2.16. The number of hydrogen-bond donors (Lipinski definition) is 1. The van der Waals surface area contributed by atoms with Gasteiger partial charge in [0.2, 0.25) is 11.8 Å². The fourth-order valence-corrected chi connectivity index (χ4v) is 2.59. The third-order valence-corrected chi connectivity index (χ3v) is 3.56. The van der Waals surface area contributed by atoms with Gasteiger partial charge in [-0.05, 0) is 26.7 Å². The largest absolute Gasteiger partial charge is 0.295 e. The van der Waals surface area contributed by atoms with Gasteiger partial charge in [0, 0.05) is 6.42 Å². The molecule has 0 aliphatic carbocycles. The first-order valence-electron chi connectivity index (χ1n) is 7.09. The molecule has 2 heterocycles. The molecule has 0 radical (unpaired) electrons. The summed E-state index contributed by atoms with van der Waals surface area (Å²) in [6.45, 7) is 5.45. The van der Waals surface area contributed by atoms with Crippen LogP contribution in [0.2, 0.25) is 0 Å². The van der Waals surface area contributed by atoms with Crippen molar-refractivity contribution in [3.05, 3.63) is 26.7 Å². The Bertz CT molecular complexity index is 762. The molecule has 1 aromatic rings. The summed E-state index contributed by atoms with van der Waals surface area (Å²) in [6.07, 6.45) is 4.93. The van der Waals surface area contributed by atoms with Crippen LogP contribution in [0.5, 0.6) is 0 Å². The molecule has 1 unspecified atom stereocenters. The Morgan fingerprint density at radius 2 is 2.10 bits per heavy atom. The van der Waals surface area contributed by atoms with Crippen LogP contribution in [0.25, 0.3) is 12.2 Å². The molecule has 1 saturated heterocycles. The molecule has 0 bridgehead atoms. The first-order valence-corrected chi connectivity index (χ1v) is 7.09. The molecule has 0 spiro atoms. The molecule has 6 heteroatoms. The molecular weight excluding hydrogens is 270 g/mol. The van der Waals surface area contributed by atoms with Crippen molar-refractivity contribution in [3.63, 3.8) is 0 Å². The second-order valence-electron chi connectivity index (χ2n) is 5.00. The van der Waals surface area contributed by atoms with Crippen LogP contribution in [0.1, 0.15) is 45.0 Å². The van der Waals surface area contributed by atoms with E-state index in [4.69, 9.17) is 0 Å². The van der Waals surface area contributed by atoms with Gasteiger partial charge in [-0.1, -0.05) is 19.1 Å². The van der Waals surface area contributed by atoms with E-state index in [9.17, 15) is 14.4 Å². The zero-order valence-corrected chi connectivity index (χ0v) is 12.5. The number of nitrogens with zero attached hydrogens (tertiary/aromatic N) is 2. The number of imide groups is 1. The van der Waals surface area contributed by atoms with E-state index < -0.39 is 11.9 Å². The van der Waals surface area contributed by atoms with E-state index in [1.54, 1.807) is 19.9 Å². The molecule has 1 atom stereocenters. The van der Waals surface area contributed by atoms with Crippen LogP contribution in [-0.4, -0.2) is 21.4 Å². The first kappa shape index (κ1) is 15.2. The number of aryl methyl sites for hydroxylation is 1. The van der Waals surface area contributed by atoms with E-state index >= 15 is 0 Å². The van der Waals surface area contributed by atoms with E-state index in [0.29, 0.717) is 22.8 Å². The smallest absolute Gasteiger partial charge is 0.261 e. The molecule has 6 nitrogen and oxygen atoms in total. The summed E-state index contributed by atoms with van der Waals surface area (Å²) < 4.78 is 1.39. The topological polar surface area (TPSA) is 81.1 Å². The van der Waals surface area contributed by atoms with E-state index in [-0.39, 0.29) is 17.9 Å². The van der Waals surface area contributed by atoms with Crippen molar-refractivity contribution in [2.45, 2.75) is 46.1 Å². The van der Waals surface area contributed by atoms with Gasteiger partial charge in [0.25, 0.3) is 5.56 Å². The lowest BCUT2D eigenvalue weighted by atomic mass is 10.1. The van der Waals surface area contributed by atoms with Gasteiger partial charge in [0.15, 0.2) is 0 Å². The standard InChI is InChI=1S/C15H19N3O3/c1-4-6-11-10(5-2)15(21)18(9(3)16-11)12-7-8-13(19)17-14(12)20/h5-6,12H,4,7-8H2,1-3H3,(H,17,19,20)/b10-5+,11-6+. The molecule has 0 saturated carbocycles. The number of rotatable bonds is 2. The van der Waals surface area contributed by atoms with Crippen molar-refractivity contribution in [1.29, 1.82) is 0 Å². The highest BCUT2D eigenvalue weighted by atomic mass is 16.2. The Morgan fingerprint density at radius 1 is 1.38 bits per heavy atom. The van der Waals surface area contributed by atoms with Crippen LogP contribution < -0.4 is 21.4 Å². The van der Waals surface area contributed by atoms with Gasteiger partial charge >= 0.3 is 0 Å². The number of amides is 2. The molecule has 1 aromatic heterocycles. The fraction of sp³-hybridized carbons (Fsp3) is 0.467. The van der Waals surface area contributed by atoms with Gasteiger partial charge < -0.3 is 0 Å². The van der Waals surface area contributed by atoms with Crippen LogP contribution >= 0.6 is 0 Å². The number of hydrogen-bond acceptors (Lipinski definition) is 4. The molecule has 2 amide bonds. The summed E-state index contributed by atoms with van der Waals surface area (Å²) in [6, 6.07) is -0.669. The monoisotopic (exact) mass is 289 g/mol. The van der Waals surface area contributed by atoms with Crippen molar-refractivity contribution < 1.29 is 9.59 Å². The average Bonchev–Trinajstić information content (AvgIpc) is 2.41. The van der Waals surface area contributed by atoms with Crippen LogP contribution in [0, 0.1) is 6.92 Å². The third kappa shape index (κ3) is 2.79. The Hall–Kier alpha value is -2.24. The summed E-state index contributed by atoms with van der Waals surface area (Å²) in [5.74, 6) is -0.250. The quantitative estimate of drug-likeness (QED) is 0.746. The average molecular weight is 289 g/mol. The minimum absolute atomic E-state index is 0.232. The highest BCUT2D eigenvalue weighted by molar-refractivity contribution is 5.99. The zero-order chi connectivity index (χ0) is 15.6. The summed E-state index contributed by atoms with van der Waals surface area (Å²) in [7, 11) is 0. The predicted molar refractivity (Wildman–Crippen MR) is 78.8 cm³/mol. The molecule has 2 rings (SSSR count). The first-order chi connectivity index (χ1) is 9.99. The molecular formula is C15H19N3O3. The summed E-state index contributed by atoms with van der Waals surface area (Å²) in [4.78, 5) is 40.3. The maximum absolute atomic E-state index is 12.6. The maximum Gasteiger partial charge on any atom is 0.261 e. The number of piperidine rings is 1. The molecule has 1 fully saturated rings. The molecule has 1 N–H and O–H groups in total. The van der Waals surface area contributed by atoms with Gasteiger partial charge in [-0.2, -0.15) is 0 Å². The van der Waals surface area contributed by atoms with E-state index in [1.807, 2.05) is 13.0 Å². The predicted octanol–water partition coefficient (Wildman–Crippen LogP) is -0.480. The Balaban J connectivity index is 2.67. The molecule has 112 valence electrons. The number of carbonyl (C=O) groups excluding carboxylic acids is 2.